The standard InChI is InChI=1S/C23H32N4O4/c1-29-19-7-5-18(6-8-19)25-23(28)24-11-4-12-26-13-15-27(16-14-26)21-17-20(30-2)9-10-22(21)31-3/h5-10,17H,4,11-16H2,1-3H3,(H2,24,25,28)/p+1. The maximum Gasteiger partial charge on any atom is 0.319 e. The number of urea groups is 1. The third kappa shape index (κ3) is 6.42. The summed E-state index contributed by atoms with van der Waals surface area (Å²) in [5.41, 5.74) is 1.82. The Morgan fingerprint density at radius 2 is 1.65 bits per heavy atom. The van der Waals surface area contributed by atoms with Gasteiger partial charge < -0.3 is 34.6 Å². The minimum Gasteiger partial charge on any atom is -0.497 e. The maximum absolute atomic E-state index is 12.0. The third-order valence-electron chi connectivity index (χ3n) is 5.54. The van der Waals surface area contributed by atoms with Crippen molar-refractivity contribution in [3.05, 3.63) is 42.5 Å². The average Bonchev–Trinajstić information content (AvgIpc) is 2.82. The number of hydrogen-bond acceptors (Lipinski definition) is 5. The Bertz CT molecular complexity index is 836. The molecule has 3 rings (SSSR count). The topological polar surface area (TPSA) is 76.5 Å². The van der Waals surface area contributed by atoms with Gasteiger partial charge in [0.1, 0.15) is 17.2 Å². The van der Waals surface area contributed by atoms with Crippen molar-refractivity contribution in [1.29, 1.82) is 0 Å². The van der Waals surface area contributed by atoms with Crippen LogP contribution in [0.3, 0.4) is 0 Å². The monoisotopic (exact) mass is 429 g/mol. The zero-order valence-electron chi connectivity index (χ0n) is 18.6. The van der Waals surface area contributed by atoms with Gasteiger partial charge in [-0.3, -0.25) is 0 Å². The van der Waals surface area contributed by atoms with E-state index in [9.17, 15) is 4.79 Å². The van der Waals surface area contributed by atoms with Crippen LogP contribution >= 0.6 is 0 Å². The number of piperazine rings is 1. The first-order valence-electron chi connectivity index (χ1n) is 10.6. The molecule has 0 atom stereocenters. The molecule has 0 aromatic heterocycles. The molecule has 0 radical (unpaired) electrons. The molecule has 0 saturated carbocycles. The van der Waals surface area contributed by atoms with Gasteiger partial charge in [-0.25, -0.2) is 4.79 Å². The normalized spacial score (nSPS) is 14.1. The Kier molecular flexibility index (Phi) is 8.23. The van der Waals surface area contributed by atoms with Crippen LogP contribution in [-0.4, -0.2) is 66.6 Å². The van der Waals surface area contributed by atoms with Crippen molar-refractivity contribution >= 4 is 17.4 Å². The molecule has 1 fully saturated rings. The second kappa shape index (κ2) is 11.3. The Hall–Kier alpha value is -3.13. The molecule has 0 bridgehead atoms. The van der Waals surface area contributed by atoms with Crippen LogP contribution in [0, 0.1) is 0 Å². The average molecular weight is 430 g/mol. The highest BCUT2D eigenvalue weighted by molar-refractivity contribution is 5.89. The molecule has 1 heterocycles. The second-order valence-corrected chi connectivity index (χ2v) is 7.49. The van der Waals surface area contributed by atoms with Crippen LogP contribution in [0.1, 0.15) is 6.42 Å². The lowest BCUT2D eigenvalue weighted by Crippen LogP contribution is -3.15. The summed E-state index contributed by atoms with van der Waals surface area (Å²) in [5, 5.41) is 5.76. The van der Waals surface area contributed by atoms with Crippen LogP contribution in [0.25, 0.3) is 0 Å². The van der Waals surface area contributed by atoms with Gasteiger partial charge in [0.25, 0.3) is 0 Å². The van der Waals surface area contributed by atoms with Crippen molar-refractivity contribution < 1.29 is 23.9 Å². The summed E-state index contributed by atoms with van der Waals surface area (Å²) in [6.07, 6.45) is 0.938. The molecule has 1 aliphatic heterocycles. The van der Waals surface area contributed by atoms with Crippen LogP contribution in [0.15, 0.2) is 42.5 Å². The molecule has 2 aromatic rings. The first kappa shape index (κ1) is 22.6. The van der Waals surface area contributed by atoms with Gasteiger partial charge in [-0.05, 0) is 36.4 Å². The molecule has 0 unspecified atom stereocenters. The number of carbonyl (C=O) groups is 1. The highest BCUT2D eigenvalue weighted by Crippen LogP contribution is 2.32. The fourth-order valence-electron chi connectivity index (χ4n) is 3.75. The van der Waals surface area contributed by atoms with Gasteiger partial charge in [0.05, 0.1) is 59.7 Å². The summed E-state index contributed by atoms with van der Waals surface area (Å²) >= 11 is 0. The molecule has 3 N–H and O–H groups in total. The van der Waals surface area contributed by atoms with E-state index in [1.54, 1.807) is 26.2 Å². The number of rotatable bonds is 9. The predicted octanol–water partition coefficient (Wildman–Crippen LogP) is 1.63. The highest BCUT2D eigenvalue weighted by atomic mass is 16.5. The summed E-state index contributed by atoms with van der Waals surface area (Å²) in [4.78, 5) is 15.9. The van der Waals surface area contributed by atoms with Crippen LogP contribution in [0.2, 0.25) is 0 Å². The molecule has 0 spiro atoms. The van der Waals surface area contributed by atoms with E-state index in [1.807, 2.05) is 42.5 Å². The summed E-state index contributed by atoms with van der Waals surface area (Å²) in [7, 11) is 5.00. The van der Waals surface area contributed by atoms with E-state index in [0.717, 1.165) is 67.8 Å². The molecular formula is C23H33N4O4+. The number of nitrogens with one attached hydrogen (secondary N) is 3. The van der Waals surface area contributed by atoms with Crippen molar-refractivity contribution in [1.82, 2.24) is 5.32 Å². The number of quaternary nitrogens is 1. The van der Waals surface area contributed by atoms with E-state index in [4.69, 9.17) is 14.2 Å². The SMILES string of the molecule is COc1ccc(NC(=O)NCCC[NH+]2CCN(c3cc(OC)ccc3OC)CC2)cc1. The van der Waals surface area contributed by atoms with E-state index in [2.05, 4.69) is 15.5 Å². The molecule has 8 nitrogen and oxygen atoms in total. The van der Waals surface area contributed by atoms with Crippen molar-refractivity contribution in [2.75, 3.05) is 70.8 Å². The molecular weight excluding hydrogens is 396 g/mol. The number of ether oxygens (including phenoxy) is 3. The number of hydrogen-bond donors (Lipinski definition) is 3. The molecule has 0 aliphatic carbocycles. The van der Waals surface area contributed by atoms with Crippen LogP contribution in [0.4, 0.5) is 16.2 Å². The van der Waals surface area contributed by atoms with Gasteiger partial charge >= 0.3 is 6.03 Å². The lowest BCUT2D eigenvalue weighted by atomic mass is 10.2. The Labute approximate surface area is 184 Å². The molecule has 168 valence electrons. The Balaban J connectivity index is 1.36. The minimum absolute atomic E-state index is 0.185. The van der Waals surface area contributed by atoms with Gasteiger partial charge in [-0.1, -0.05) is 0 Å². The van der Waals surface area contributed by atoms with Gasteiger partial charge in [-0.15, -0.1) is 0 Å². The quantitative estimate of drug-likeness (QED) is 0.529. The van der Waals surface area contributed by atoms with E-state index < -0.39 is 0 Å². The lowest BCUT2D eigenvalue weighted by Gasteiger charge is -2.34. The summed E-state index contributed by atoms with van der Waals surface area (Å²) in [5.74, 6) is 2.47. The number of anilines is 2. The predicted molar refractivity (Wildman–Crippen MR) is 122 cm³/mol. The van der Waals surface area contributed by atoms with Gasteiger partial charge in [-0.2, -0.15) is 0 Å². The molecule has 1 aliphatic rings. The zero-order valence-corrected chi connectivity index (χ0v) is 18.6. The van der Waals surface area contributed by atoms with E-state index >= 15 is 0 Å². The third-order valence-corrected chi connectivity index (χ3v) is 5.54. The molecule has 31 heavy (non-hydrogen) atoms. The molecule has 2 aromatic carbocycles. The first-order valence-corrected chi connectivity index (χ1v) is 10.6. The minimum atomic E-state index is -0.185. The number of methoxy groups -OCH3 is 3. The van der Waals surface area contributed by atoms with Gasteiger partial charge in [0.15, 0.2) is 0 Å². The fraction of sp³-hybridized carbons (Fsp3) is 0.435. The summed E-state index contributed by atoms with van der Waals surface area (Å²) in [6, 6.07) is 13.0. The van der Waals surface area contributed by atoms with Crippen molar-refractivity contribution in [2.45, 2.75) is 6.42 Å². The first-order chi connectivity index (χ1) is 15.1. The number of carbonyl (C=O) groups excluding carboxylic acids is 1. The van der Waals surface area contributed by atoms with Crippen molar-refractivity contribution in [3.63, 3.8) is 0 Å². The van der Waals surface area contributed by atoms with Crippen LogP contribution in [-0.2, 0) is 0 Å². The molecule has 1 saturated heterocycles. The largest absolute Gasteiger partial charge is 0.497 e. The number of nitrogens with zero attached hydrogens (tertiary/aromatic N) is 1. The highest BCUT2D eigenvalue weighted by Gasteiger charge is 2.22. The number of benzene rings is 2. The Morgan fingerprint density at radius 3 is 2.29 bits per heavy atom. The van der Waals surface area contributed by atoms with Gasteiger partial charge in [0.2, 0.25) is 0 Å². The molecule has 2 amide bonds. The van der Waals surface area contributed by atoms with E-state index in [0.29, 0.717) is 6.54 Å². The smallest absolute Gasteiger partial charge is 0.319 e. The van der Waals surface area contributed by atoms with Crippen LogP contribution in [0.5, 0.6) is 17.2 Å². The van der Waals surface area contributed by atoms with E-state index in [1.165, 1.54) is 0 Å². The zero-order chi connectivity index (χ0) is 22.1. The van der Waals surface area contributed by atoms with Crippen molar-refractivity contribution in [3.8, 4) is 17.2 Å². The second-order valence-electron chi connectivity index (χ2n) is 7.49. The van der Waals surface area contributed by atoms with Crippen LogP contribution < -0.4 is 34.6 Å². The van der Waals surface area contributed by atoms with Gasteiger partial charge in [0, 0.05) is 24.7 Å². The maximum atomic E-state index is 12.0. The Morgan fingerprint density at radius 1 is 0.968 bits per heavy atom. The number of amides is 2. The fourth-order valence-corrected chi connectivity index (χ4v) is 3.75. The van der Waals surface area contributed by atoms with Crippen molar-refractivity contribution in [2.24, 2.45) is 0 Å². The lowest BCUT2D eigenvalue weighted by molar-refractivity contribution is -0.900. The van der Waals surface area contributed by atoms with E-state index in [-0.39, 0.29) is 6.03 Å². The molecule has 8 heteroatoms. The summed E-state index contributed by atoms with van der Waals surface area (Å²) < 4.78 is 16.0. The summed E-state index contributed by atoms with van der Waals surface area (Å²) in [6.45, 7) is 5.72.